The van der Waals surface area contributed by atoms with Gasteiger partial charge in [-0.25, -0.2) is 9.37 Å². The van der Waals surface area contributed by atoms with Crippen molar-refractivity contribution < 1.29 is 9.13 Å². The third kappa shape index (κ3) is 4.65. The van der Waals surface area contributed by atoms with E-state index in [0.29, 0.717) is 28.7 Å². The van der Waals surface area contributed by atoms with Gasteiger partial charge in [0.25, 0.3) is 5.56 Å². The Bertz CT molecular complexity index is 1510. The summed E-state index contributed by atoms with van der Waals surface area (Å²) < 4.78 is 20.8. The Labute approximate surface area is 221 Å². The SMILES string of the molecule is COc1cc(N(CC2CC2)C2CCC(N(C)c3c(C#N)c(=O)n(C)c4ccc(C#N)nc34)CC2)ccc1F. The Balaban J connectivity index is 1.43. The Morgan fingerprint density at radius 3 is 2.42 bits per heavy atom. The maximum Gasteiger partial charge on any atom is 0.270 e. The second kappa shape index (κ2) is 10.3. The average Bonchev–Trinajstić information content (AvgIpc) is 3.77. The number of nitriles is 2. The van der Waals surface area contributed by atoms with Gasteiger partial charge >= 0.3 is 0 Å². The molecule has 0 aliphatic heterocycles. The molecule has 0 radical (unpaired) electrons. The summed E-state index contributed by atoms with van der Waals surface area (Å²) in [7, 11) is 5.01. The van der Waals surface area contributed by atoms with Gasteiger partial charge in [0.15, 0.2) is 11.6 Å². The molecule has 2 aromatic heterocycles. The van der Waals surface area contributed by atoms with Crippen LogP contribution in [0.1, 0.15) is 49.8 Å². The second-order valence-corrected chi connectivity index (χ2v) is 10.4. The third-order valence-corrected chi connectivity index (χ3v) is 8.07. The standard InChI is InChI=1S/C29H31FN6O2/c1-34(28-23(16-32)29(37)35(2)25-13-6-19(15-31)33-27(25)28)20-7-9-21(10-8-20)36(17-18-4-5-18)22-11-12-24(30)26(14-22)38-3/h6,11-14,18,20-21H,4-5,7-10,17H2,1-3H3. The van der Waals surface area contributed by atoms with Crippen LogP contribution in [0.25, 0.3) is 11.0 Å². The highest BCUT2D eigenvalue weighted by Gasteiger charge is 2.34. The lowest BCUT2D eigenvalue weighted by molar-refractivity contribution is 0.363. The molecule has 0 N–H and O–H groups in total. The van der Waals surface area contributed by atoms with Crippen LogP contribution >= 0.6 is 0 Å². The number of aromatic nitrogens is 2. The average molecular weight is 515 g/mol. The number of ether oxygens (including phenoxy) is 1. The molecular formula is C29H31FN6O2. The quantitative estimate of drug-likeness (QED) is 0.458. The Morgan fingerprint density at radius 1 is 1.08 bits per heavy atom. The van der Waals surface area contributed by atoms with E-state index in [-0.39, 0.29) is 34.4 Å². The zero-order chi connectivity index (χ0) is 27.0. The summed E-state index contributed by atoms with van der Waals surface area (Å²) >= 11 is 0. The number of hydrogen-bond donors (Lipinski definition) is 0. The van der Waals surface area contributed by atoms with E-state index in [1.54, 1.807) is 25.2 Å². The van der Waals surface area contributed by atoms with Crippen molar-refractivity contribution in [1.82, 2.24) is 9.55 Å². The van der Waals surface area contributed by atoms with Crippen LogP contribution in [0.2, 0.25) is 0 Å². The van der Waals surface area contributed by atoms with Gasteiger partial charge in [0, 0.05) is 44.5 Å². The third-order valence-electron chi connectivity index (χ3n) is 8.07. The van der Waals surface area contributed by atoms with Gasteiger partial charge in [-0.15, -0.1) is 0 Å². The zero-order valence-electron chi connectivity index (χ0n) is 21.9. The van der Waals surface area contributed by atoms with Crippen molar-refractivity contribution in [3.63, 3.8) is 0 Å². The highest BCUT2D eigenvalue weighted by atomic mass is 19.1. The van der Waals surface area contributed by atoms with Crippen LogP contribution < -0.4 is 20.1 Å². The minimum absolute atomic E-state index is 0.0426. The topological polar surface area (TPSA) is 98.2 Å². The first-order chi connectivity index (χ1) is 18.4. The van der Waals surface area contributed by atoms with Crippen molar-refractivity contribution >= 4 is 22.4 Å². The molecular weight excluding hydrogens is 483 g/mol. The smallest absolute Gasteiger partial charge is 0.270 e. The number of benzene rings is 1. The molecule has 0 spiro atoms. The molecule has 9 heteroatoms. The van der Waals surface area contributed by atoms with Crippen LogP contribution in [-0.4, -0.2) is 42.3 Å². The Morgan fingerprint density at radius 2 is 1.79 bits per heavy atom. The first kappa shape index (κ1) is 25.5. The van der Waals surface area contributed by atoms with Crippen molar-refractivity contribution in [3.05, 3.63) is 57.8 Å². The van der Waals surface area contributed by atoms with Gasteiger partial charge in [0.1, 0.15) is 28.9 Å². The lowest BCUT2D eigenvalue weighted by Gasteiger charge is -2.41. The fourth-order valence-corrected chi connectivity index (χ4v) is 5.71. The highest BCUT2D eigenvalue weighted by molar-refractivity contribution is 5.92. The Kier molecular flexibility index (Phi) is 6.94. The number of rotatable bonds is 7. The fourth-order valence-electron chi connectivity index (χ4n) is 5.71. The van der Waals surface area contributed by atoms with Gasteiger partial charge in [0.05, 0.1) is 18.3 Å². The maximum absolute atomic E-state index is 14.1. The molecule has 2 fully saturated rings. The molecule has 0 amide bonds. The lowest BCUT2D eigenvalue weighted by Crippen LogP contribution is -2.44. The molecule has 8 nitrogen and oxygen atoms in total. The molecule has 2 saturated carbocycles. The van der Waals surface area contributed by atoms with Gasteiger partial charge < -0.3 is 19.1 Å². The monoisotopic (exact) mass is 514 g/mol. The molecule has 5 rings (SSSR count). The predicted octanol–water partition coefficient (Wildman–Crippen LogP) is 4.49. The molecule has 0 unspecified atom stereocenters. The molecule has 0 saturated heterocycles. The minimum atomic E-state index is -0.372. The van der Waals surface area contributed by atoms with E-state index in [9.17, 15) is 19.7 Å². The van der Waals surface area contributed by atoms with Gasteiger partial charge in [-0.3, -0.25) is 4.79 Å². The van der Waals surface area contributed by atoms with Crippen LogP contribution in [0.15, 0.2) is 35.1 Å². The number of fused-ring (bicyclic) bond motifs is 1. The van der Waals surface area contributed by atoms with Crippen LogP contribution in [0.4, 0.5) is 15.8 Å². The summed E-state index contributed by atoms with van der Waals surface area (Å²) in [5.74, 6) is 0.551. The number of aryl methyl sites for hydroxylation is 1. The maximum atomic E-state index is 14.1. The van der Waals surface area contributed by atoms with E-state index in [0.717, 1.165) is 37.9 Å². The summed E-state index contributed by atoms with van der Waals surface area (Å²) in [6.45, 7) is 0.943. The second-order valence-electron chi connectivity index (χ2n) is 10.4. The van der Waals surface area contributed by atoms with Crippen LogP contribution in [0.3, 0.4) is 0 Å². The van der Waals surface area contributed by atoms with Crippen molar-refractivity contribution in [2.75, 3.05) is 30.5 Å². The molecule has 0 atom stereocenters. The van der Waals surface area contributed by atoms with Crippen molar-refractivity contribution in [2.45, 2.75) is 50.6 Å². The number of hydrogen-bond acceptors (Lipinski definition) is 7. The van der Waals surface area contributed by atoms with Gasteiger partial charge in [0.2, 0.25) is 0 Å². The molecule has 2 aliphatic carbocycles. The predicted molar refractivity (Wildman–Crippen MR) is 144 cm³/mol. The number of anilines is 2. The Hall–Kier alpha value is -4.11. The number of nitrogens with zero attached hydrogens (tertiary/aromatic N) is 6. The van der Waals surface area contributed by atoms with E-state index < -0.39 is 0 Å². The van der Waals surface area contributed by atoms with Gasteiger partial charge in [-0.1, -0.05) is 0 Å². The summed E-state index contributed by atoms with van der Waals surface area (Å²) in [5, 5.41) is 19.3. The van der Waals surface area contributed by atoms with E-state index in [1.165, 1.54) is 30.6 Å². The lowest BCUT2D eigenvalue weighted by atomic mass is 9.88. The summed E-state index contributed by atoms with van der Waals surface area (Å²) in [6, 6.07) is 13.0. The molecule has 3 aromatic rings. The summed E-state index contributed by atoms with van der Waals surface area (Å²) in [6.07, 6.45) is 6.00. The summed E-state index contributed by atoms with van der Waals surface area (Å²) in [4.78, 5) is 22.0. The van der Waals surface area contributed by atoms with Gasteiger partial charge in [-0.2, -0.15) is 10.5 Å². The van der Waals surface area contributed by atoms with Crippen molar-refractivity contribution in [3.8, 4) is 17.9 Å². The van der Waals surface area contributed by atoms with E-state index in [2.05, 4.69) is 22.0 Å². The fraction of sp³-hybridized carbons (Fsp3) is 0.448. The van der Waals surface area contributed by atoms with Gasteiger partial charge in [-0.05, 0) is 68.7 Å². The van der Waals surface area contributed by atoms with Crippen LogP contribution in [0.5, 0.6) is 5.75 Å². The first-order valence-electron chi connectivity index (χ1n) is 13.0. The molecule has 0 bridgehead atoms. The highest BCUT2D eigenvalue weighted by Crippen LogP contribution is 2.38. The number of pyridine rings is 2. The molecule has 38 heavy (non-hydrogen) atoms. The largest absolute Gasteiger partial charge is 0.494 e. The molecule has 1 aromatic carbocycles. The first-order valence-corrected chi connectivity index (χ1v) is 13.0. The van der Waals surface area contributed by atoms with Crippen molar-refractivity contribution in [2.24, 2.45) is 13.0 Å². The molecule has 2 aliphatic rings. The van der Waals surface area contributed by atoms with Crippen LogP contribution in [0, 0.1) is 34.4 Å². The number of methoxy groups -OCH3 is 1. The van der Waals surface area contributed by atoms with Crippen molar-refractivity contribution in [1.29, 1.82) is 10.5 Å². The normalized spacial score (nSPS) is 19.0. The minimum Gasteiger partial charge on any atom is -0.494 e. The summed E-state index contributed by atoms with van der Waals surface area (Å²) in [5.41, 5.74) is 2.45. The van der Waals surface area contributed by atoms with Crippen LogP contribution in [-0.2, 0) is 7.05 Å². The van der Waals surface area contributed by atoms with E-state index >= 15 is 0 Å². The zero-order valence-corrected chi connectivity index (χ0v) is 21.9. The van der Waals surface area contributed by atoms with E-state index in [4.69, 9.17) is 4.74 Å². The molecule has 2 heterocycles. The molecule has 196 valence electrons. The number of halogens is 1. The van der Waals surface area contributed by atoms with E-state index in [1.807, 2.05) is 18.0 Å².